The van der Waals surface area contributed by atoms with Crippen LogP contribution in [0.15, 0.2) is 10.5 Å². The molecule has 1 heterocycles. The molecule has 0 N–H and O–H groups in total. The molecule has 0 bridgehead atoms. The van der Waals surface area contributed by atoms with Gasteiger partial charge in [-0.25, -0.2) is 0 Å². The van der Waals surface area contributed by atoms with Crippen LogP contribution < -0.4 is 0 Å². The first kappa shape index (κ1) is 7.77. The monoisotopic (exact) mass is 155 g/mol. The summed E-state index contributed by atoms with van der Waals surface area (Å²) in [5, 5.41) is 0.0556. The zero-order chi connectivity index (χ0) is 7.72. The first-order valence-electron chi connectivity index (χ1n) is 3.38. The second kappa shape index (κ2) is 2.73. The van der Waals surface area contributed by atoms with Gasteiger partial charge in [-0.05, 0) is 18.8 Å². The highest BCUT2D eigenvalue weighted by Crippen LogP contribution is 2.40. The summed E-state index contributed by atoms with van der Waals surface area (Å²) < 4.78 is 0. The van der Waals surface area contributed by atoms with Gasteiger partial charge >= 0.3 is 6.29 Å². The van der Waals surface area contributed by atoms with Crippen LogP contribution in [-0.4, -0.2) is 11.5 Å². The van der Waals surface area contributed by atoms with E-state index in [1.165, 1.54) is 10.5 Å². The van der Waals surface area contributed by atoms with Gasteiger partial charge < -0.3 is 0 Å². The summed E-state index contributed by atoms with van der Waals surface area (Å²) in [6.45, 7) is 6.23. The van der Waals surface area contributed by atoms with E-state index in [0.717, 1.165) is 0 Å². The Balaban J connectivity index is 2.76. The van der Waals surface area contributed by atoms with Crippen LogP contribution in [0, 0.1) is 5.92 Å². The highest BCUT2D eigenvalue weighted by atomic mass is 32.2. The normalized spacial score (nSPS) is 32.7. The minimum atomic E-state index is 0.0556. The molecule has 1 rings (SSSR count). The fourth-order valence-corrected chi connectivity index (χ4v) is 2.27. The molecule has 0 saturated heterocycles. The van der Waals surface area contributed by atoms with Crippen molar-refractivity contribution in [2.75, 3.05) is 0 Å². The van der Waals surface area contributed by atoms with Crippen LogP contribution >= 0.6 is 11.8 Å². The van der Waals surface area contributed by atoms with Crippen LogP contribution in [-0.2, 0) is 4.79 Å². The fourth-order valence-electron chi connectivity index (χ4n) is 1.06. The van der Waals surface area contributed by atoms with E-state index in [0.29, 0.717) is 5.92 Å². The second-order valence-electron chi connectivity index (χ2n) is 2.68. The van der Waals surface area contributed by atoms with E-state index in [4.69, 9.17) is 0 Å². The van der Waals surface area contributed by atoms with Crippen LogP contribution in [0.4, 0.5) is 0 Å². The standard InChI is InChI=1S/C8H11OS/c1-5-6(2)8(4-9)10-7(5)3/h6,8H,1-3H3/q+1. The molecule has 10 heavy (non-hydrogen) atoms. The maximum absolute atomic E-state index is 10.3. The minimum absolute atomic E-state index is 0.0556. The van der Waals surface area contributed by atoms with Gasteiger partial charge in [0, 0.05) is 10.7 Å². The van der Waals surface area contributed by atoms with E-state index >= 15 is 0 Å². The first-order valence-corrected chi connectivity index (χ1v) is 4.26. The van der Waals surface area contributed by atoms with Crippen molar-refractivity contribution < 1.29 is 4.79 Å². The Morgan fingerprint density at radius 3 is 2.30 bits per heavy atom. The molecule has 2 unspecified atom stereocenters. The molecule has 0 aromatic heterocycles. The van der Waals surface area contributed by atoms with Crippen LogP contribution in [0.25, 0.3) is 0 Å². The van der Waals surface area contributed by atoms with Gasteiger partial charge in [0.1, 0.15) is 0 Å². The average Bonchev–Trinajstić information content (AvgIpc) is 2.17. The molecule has 0 saturated carbocycles. The number of carbonyl (C=O) groups excluding carboxylic acids is 1. The second-order valence-corrected chi connectivity index (χ2v) is 4.04. The average molecular weight is 155 g/mol. The quantitative estimate of drug-likeness (QED) is 0.540. The topological polar surface area (TPSA) is 17.1 Å². The third-order valence-electron chi connectivity index (χ3n) is 2.11. The minimum Gasteiger partial charge on any atom is -0.0634 e. The van der Waals surface area contributed by atoms with E-state index in [-0.39, 0.29) is 5.25 Å². The van der Waals surface area contributed by atoms with Crippen molar-refractivity contribution in [1.82, 2.24) is 0 Å². The van der Waals surface area contributed by atoms with Gasteiger partial charge in [0.2, 0.25) is 0 Å². The smallest absolute Gasteiger partial charge is 0.0634 e. The van der Waals surface area contributed by atoms with Gasteiger partial charge in [0.25, 0.3) is 5.25 Å². The van der Waals surface area contributed by atoms with Crippen LogP contribution in [0.5, 0.6) is 0 Å². The predicted molar refractivity (Wildman–Crippen MR) is 44.6 cm³/mol. The molecule has 0 aromatic carbocycles. The summed E-state index contributed by atoms with van der Waals surface area (Å²) in [6, 6.07) is 0. The summed E-state index contributed by atoms with van der Waals surface area (Å²) in [7, 11) is 0. The molecule has 2 atom stereocenters. The van der Waals surface area contributed by atoms with Gasteiger partial charge in [-0.3, -0.25) is 0 Å². The van der Waals surface area contributed by atoms with Gasteiger partial charge in [-0.2, -0.15) is 0 Å². The Kier molecular flexibility index (Phi) is 2.12. The summed E-state index contributed by atoms with van der Waals surface area (Å²) in [4.78, 5) is 11.6. The molecule has 2 heteroatoms. The molecule has 0 aromatic rings. The lowest BCUT2D eigenvalue weighted by Crippen LogP contribution is -2.10. The Labute approximate surface area is 65.9 Å². The third kappa shape index (κ3) is 1.09. The summed E-state index contributed by atoms with van der Waals surface area (Å²) in [6.07, 6.45) is 2.05. The van der Waals surface area contributed by atoms with E-state index in [2.05, 4.69) is 20.8 Å². The van der Waals surface area contributed by atoms with E-state index in [1.54, 1.807) is 11.8 Å². The van der Waals surface area contributed by atoms with E-state index < -0.39 is 0 Å². The third-order valence-corrected chi connectivity index (χ3v) is 3.55. The molecule has 1 nitrogen and oxygen atoms in total. The molecule has 54 valence electrons. The predicted octanol–water partition coefficient (Wildman–Crippen LogP) is 2.14. The Bertz CT molecular complexity index is 184. The molecular weight excluding hydrogens is 144 g/mol. The molecule has 0 radical (unpaired) electrons. The van der Waals surface area contributed by atoms with Crippen molar-refractivity contribution in [3.05, 3.63) is 10.5 Å². The van der Waals surface area contributed by atoms with Crippen molar-refractivity contribution in [2.24, 2.45) is 5.92 Å². The Morgan fingerprint density at radius 2 is 2.10 bits per heavy atom. The van der Waals surface area contributed by atoms with Crippen molar-refractivity contribution in [2.45, 2.75) is 26.0 Å². The van der Waals surface area contributed by atoms with Gasteiger partial charge in [0.15, 0.2) is 0 Å². The molecule has 1 aliphatic rings. The van der Waals surface area contributed by atoms with Crippen molar-refractivity contribution in [3.8, 4) is 0 Å². The molecule has 0 spiro atoms. The number of hydrogen-bond donors (Lipinski definition) is 0. The van der Waals surface area contributed by atoms with Crippen molar-refractivity contribution in [1.29, 1.82) is 0 Å². The molecular formula is C8H11OS+. The maximum atomic E-state index is 10.3. The van der Waals surface area contributed by atoms with Gasteiger partial charge in [-0.15, -0.1) is 0 Å². The number of allylic oxidation sites excluding steroid dienone is 2. The lowest BCUT2D eigenvalue weighted by molar-refractivity contribution is 0.543. The number of hydrogen-bond acceptors (Lipinski definition) is 2. The fraction of sp³-hybridized carbons (Fsp3) is 0.625. The zero-order valence-electron chi connectivity index (χ0n) is 6.47. The SMILES string of the molecule is CC1=C(C)C(C)C([C+]=O)S1. The molecule has 0 amide bonds. The highest BCUT2D eigenvalue weighted by Gasteiger charge is 2.37. The number of thioether (sulfide) groups is 1. The van der Waals surface area contributed by atoms with Crippen LogP contribution in [0.2, 0.25) is 0 Å². The highest BCUT2D eigenvalue weighted by molar-refractivity contribution is 8.04. The lowest BCUT2D eigenvalue weighted by atomic mass is 10.00. The summed E-state index contributed by atoms with van der Waals surface area (Å²) in [5.74, 6) is 0.391. The van der Waals surface area contributed by atoms with Crippen LogP contribution in [0.1, 0.15) is 20.8 Å². The largest absolute Gasteiger partial charge is 0.522 e. The maximum Gasteiger partial charge on any atom is 0.522 e. The van der Waals surface area contributed by atoms with Crippen molar-refractivity contribution in [3.63, 3.8) is 0 Å². The van der Waals surface area contributed by atoms with Crippen molar-refractivity contribution >= 4 is 18.0 Å². The lowest BCUT2D eigenvalue weighted by Gasteiger charge is -1.98. The molecule has 0 fully saturated rings. The molecule has 0 aliphatic carbocycles. The zero-order valence-corrected chi connectivity index (χ0v) is 7.29. The summed E-state index contributed by atoms with van der Waals surface area (Å²) >= 11 is 1.64. The van der Waals surface area contributed by atoms with E-state index in [1.807, 2.05) is 6.29 Å². The van der Waals surface area contributed by atoms with Gasteiger partial charge in [-0.1, -0.05) is 24.3 Å². The number of rotatable bonds is 1. The van der Waals surface area contributed by atoms with E-state index in [9.17, 15) is 4.79 Å². The Morgan fingerprint density at radius 1 is 1.50 bits per heavy atom. The first-order chi connectivity index (χ1) is 4.66. The van der Waals surface area contributed by atoms with Gasteiger partial charge in [0.05, 0.1) is 0 Å². The Hall–Kier alpha value is -0.330. The molecule has 1 aliphatic heterocycles. The van der Waals surface area contributed by atoms with Crippen LogP contribution in [0.3, 0.4) is 0 Å². The summed E-state index contributed by atoms with van der Waals surface area (Å²) in [5.41, 5.74) is 1.35.